The third-order valence-corrected chi connectivity index (χ3v) is 9.39. The molecular formula is C36H37Br3F3N7O6. The number of carboxylic acids is 1. The van der Waals surface area contributed by atoms with Crippen molar-refractivity contribution in [2.45, 2.75) is 73.3 Å². The number of anilines is 1. The van der Waals surface area contributed by atoms with Crippen molar-refractivity contribution in [3.8, 4) is 0 Å². The van der Waals surface area contributed by atoms with Crippen molar-refractivity contribution in [2.75, 3.05) is 11.9 Å². The lowest BCUT2D eigenvalue weighted by Crippen LogP contribution is -2.27. The number of pyridine rings is 3. The van der Waals surface area contributed by atoms with E-state index < -0.39 is 41.1 Å². The first kappa shape index (κ1) is 43.2. The lowest BCUT2D eigenvalue weighted by molar-refractivity contribution is 0.0526. The Labute approximate surface area is 338 Å². The standard InChI is InChI=1S/C14H17BrFN3O2.C12H12BrFN2O2.C10H8BrFN2O2/c1-5-10-12(17-13(20)21-14(2,3)4)11-6-8(15)9(16)7-19(11)18-10;1-3-9-11(12(17)18-4-2)10-5-7(13)8(14)6-16(10)15-9;1-2-7-9(10(15)16)8-3-5(11)6(12)4-14(8)13-7/h6-7H,5H2,1-4H3,(H,17,20);5-6H,3-4H2,1-2H3;3-4H,2H2,1H3,(H,15,16). The number of hydrogen-bond acceptors (Lipinski definition) is 8. The Bertz CT molecular complexity index is 2410. The van der Waals surface area contributed by atoms with E-state index in [2.05, 4.69) is 68.4 Å². The summed E-state index contributed by atoms with van der Waals surface area (Å²) >= 11 is 9.26. The third-order valence-electron chi connectivity index (χ3n) is 7.57. The van der Waals surface area contributed by atoms with E-state index in [1.165, 1.54) is 38.1 Å². The van der Waals surface area contributed by atoms with Gasteiger partial charge in [0.2, 0.25) is 0 Å². The van der Waals surface area contributed by atoms with Gasteiger partial charge >= 0.3 is 18.0 Å². The molecule has 19 heteroatoms. The van der Waals surface area contributed by atoms with E-state index in [4.69, 9.17) is 14.6 Å². The number of esters is 1. The first-order valence-corrected chi connectivity index (χ1v) is 19.2. The Balaban J connectivity index is 0.000000185. The van der Waals surface area contributed by atoms with Gasteiger partial charge < -0.3 is 14.6 Å². The number of ether oxygens (including phenoxy) is 2. The van der Waals surface area contributed by atoms with E-state index >= 15 is 0 Å². The topological polar surface area (TPSA) is 154 Å². The van der Waals surface area contributed by atoms with Crippen LogP contribution in [0.3, 0.4) is 0 Å². The molecule has 13 nitrogen and oxygen atoms in total. The molecular weight excluding hydrogens is 923 g/mol. The van der Waals surface area contributed by atoms with E-state index in [0.29, 0.717) is 79.7 Å². The average Bonchev–Trinajstić information content (AvgIpc) is 3.75. The van der Waals surface area contributed by atoms with Crippen molar-refractivity contribution in [1.82, 2.24) is 28.8 Å². The van der Waals surface area contributed by atoms with E-state index in [-0.39, 0.29) is 10.0 Å². The van der Waals surface area contributed by atoms with Gasteiger partial charge in [-0.2, -0.15) is 15.3 Å². The van der Waals surface area contributed by atoms with E-state index in [0.717, 1.165) is 6.20 Å². The second-order valence-corrected chi connectivity index (χ2v) is 15.1. The summed E-state index contributed by atoms with van der Waals surface area (Å²) in [6, 6.07) is 4.53. The summed E-state index contributed by atoms with van der Waals surface area (Å²) in [5, 5.41) is 24.3. The molecule has 6 aromatic rings. The van der Waals surface area contributed by atoms with Gasteiger partial charge in [0.25, 0.3) is 0 Å². The third kappa shape index (κ3) is 10.0. The van der Waals surface area contributed by atoms with Crippen molar-refractivity contribution in [3.63, 3.8) is 0 Å². The average molecular weight is 960 g/mol. The van der Waals surface area contributed by atoms with Crippen LogP contribution in [0.15, 0.2) is 50.2 Å². The molecule has 2 N–H and O–H groups in total. The van der Waals surface area contributed by atoms with Crippen molar-refractivity contribution in [3.05, 3.63) is 95.9 Å². The van der Waals surface area contributed by atoms with Crippen LogP contribution in [0.25, 0.3) is 16.6 Å². The molecule has 0 aliphatic heterocycles. The maximum atomic E-state index is 13.6. The zero-order chi connectivity index (χ0) is 40.9. The normalized spacial score (nSPS) is 11.2. The molecule has 1 amide bonds. The Hall–Kier alpha value is -4.49. The lowest BCUT2D eigenvalue weighted by atomic mass is 10.1. The van der Waals surface area contributed by atoms with Crippen LogP contribution in [0, 0.1) is 17.5 Å². The summed E-state index contributed by atoms with van der Waals surface area (Å²) in [6.07, 6.45) is 4.77. The van der Waals surface area contributed by atoms with Crippen LogP contribution < -0.4 is 5.32 Å². The van der Waals surface area contributed by atoms with E-state index in [1.54, 1.807) is 40.7 Å². The van der Waals surface area contributed by atoms with Crippen molar-refractivity contribution in [2.24, 2.45) is 0 Å². The second kappa shape index (κ2) is 18.0. The van der Waals surface area contributed by atoms with Crippen LogP contribution >= 0.6 is 47.8 Å². The number of halogens is 6. The smallest absolute Gasteiger partial charge is 0.412 e. The van der Waals surface area contributed by atoms with Gasteiger partial charge in [-0.05, 0) is 113 Å². The van der Waals surface area contributed by atoms with E-state index in [1.807, 2.05) is 13.8 Å². The summed E-state index contributed by atoms with van der Waals surface area (Å²) in [7, 11) is 0. The molecule has 294 valence electrons. The molecule has 0 fully saturated rings. The van der Waals surface area contributed by atoms with Gasteiger partial charge in [0.15, 0.2) is 17.5 Å². The number of rotatable bonds is 7. The minimum atomic E-state index is -1.05. The summed E-state index contributed by atoms with van der Waals surface area (Å²) in [5.74, 6) is -2.80. The SMILES string of the molecule is CCOC(=O)c1c(CC)nn2cc(F)c(Br)cc12.CCc1nn2cc(F)c(Br)cc2c1C(=O)O.CCc1nn2cc(F)c(Br)cc2c1NC(=O)OC(C)(C)C. The van der Waals surface area contributed by atoms with Gasteiger partial charge in [-0.1, -0.05) is 20.8 Å². The molecule has 6 aromatic heterocycles. The first-order chi connectivity index (χ1) is 25.8. The molecule has 0 spiro atoms. The summed E-state index contributed by atoms with van der Waals surface area (Å²) < 4.78 is 55.3. The minimum absolute atomic E-state index is 0.128. The number of aromatic carboxylic acids is 1. The number of aromatic nitrogens is 6. The number of amides is 1. The van der Waals surface area contributed by atoms with Crippen LogP contribution in [-0.2, 0) is 28.7 Å². The number of nitrogens with zero attached hydrogens (tertiary/aromatic N) is 6. The van der Waals surface area contributed by atoms with Gasteiger partial charge in [-0.15, -0.1) is 0 Å². The van der Waals surface area contributed by atoms with Gasteiger partial charge in [0, 0.05) is 0 Å². The molecule has 0 saturated carbocycles. The maximum absolute atomic E-state index is 13.6. The van der Waals surface area contributed by atoms with Gasteiger partial charge in [0.1, 0.15) is 16.7 Å². The highest BCUT2D eigenvalue weighted by atomic mass is 79.9. The Morgan fingerprint density at radius 2 is 1.11 bits per heavy atom. The van der Waals surface area contributed by atoms with Crippen LogP contribution in [0.1, 0.15) is 86.3 Å². The predicted octanol–water partition coefficient (Wildman–Crippen LogP) is 9.62. The van der Waals surface area contributed by atoms with Crippen LogP contribution in [0.5, 0.6) is 0 Å². The second-order valence-electron chi connectivity index (χ2n) is 12.6. The van der Waals surface area contributed by atoms with Crippen molar-refractivity contribution < 1.29 is 42.1 Å². The fourth-order valence-corrected chi connectivity index (χ4v) is 6.17. The highest BCUT2D eigenvalue weighted by Crippen LogP contribution is 2.28. The fourth-order valence-electron chi connectivity index (χ4n) is 5.22. The molecule has 0 aromatic carbocycles. The van der Waals surface area contributed by atoms with Crippen molar-refractivity contribution in [1.29, 1.82) is 0 Å². The summed E-state index contributed by atoms with van der Waals surface area (Å²) in [4.78, 5) is 34.9. The molecule has 0 atom stereocenters. The quantitative estimate of drug-likeness (QED) is 0.149. The Morgan fingerprint density at radius 1 is 0.709 bits per heavy atom. The van der Waals surface area contributed by atoms with Crippen LogP contribution in [-0.4, -0.2) is 64.2 Å². The molecule has 6 heterocycles. The molecule has 55 heavy (non-hydrogen) atoms. The molecule has 0 saturated heterocycles. The number of hydrogen-bond donors (Lipinski definition) is 2. The highest BCUT2D eigenvalue weighted by molar-refractivity contribution is 9.11. The highest BCUT2D eigenvalue weighted by Gasteiger charge is 2.23. The molecule has 6 rings (SSSR count). The fraction of sp³-hybridized carbons (Fsp3) is 0.333. The molecule has 0 aliphatic carbocycles. The van der Waals surface area contributed by atoms with Gasteiger partial charge in [-0.25, -0.2) is 41.1 Å². The van der Waals surface area contributed by atoms with Crippen LogP contribution in [0.4, 0.5) is 23.7 Å². The Kier molecular flexibility index (Phi) is 14.1. The summed E-state index contributed by atoms with van der Waals surface area (Å²) in [6.45, 7) is 13.0. The number of carbonyl (C=O) groups is 3. The van der Waals surface area contributed by atoms with Gasteiger partial charge in [0.05, 0.1) is 77.9 Å². The molecule has 0 radical (unpaired) electrons. The van der Waals surface area contributed by atoms with E-state index in [9.17, 15) is 27.6 Å². The number of carboxylic acid groups (broad SMARTS) is 1. The molecule has 0 unspecified atom stereocenters. The number of fused-ring (bicyclic) bond motifs is 3. The summed E-state index contributed by atoms with van der Waals surface area (Å²) in [5.41, 5.74) is 3.72. The van der Waals surface area contributed by atoms with Gasteiger partial charge in [-0.3, -0.25) is 5.32 Å². The zero-order valence-corrected chi connectivity index (χ0v) is 35.5. The maximum Gasteiger partial charge on any atom is 0.412 e. The van der Waals surface area contributed by atoms with Crippen molar-refractivity contribution >= 4 is 88.1 Å². The number of nitrogens with one attached hydrogen (secondary N) is 1. The minimum Gasteiger partial charge on any atom is -0.478 e. The monoisotopic (exact) mass is 957 g/mol. The largest absolute Gasteiger partial charge is 0.478 e. The zero-order valence-electron chi connectivity index (χ0n) is 30.7. The Morgan fingerprint density at radius 3 is 1.53 bits per heavy atom. The van der Waals surface area contributed by atoms with Crippen LogP contribution in [0.2, 0.25) is 0 Å². The lowest BCUT2D eigenvalue weighted by Gasteiger charge is -2.19. The molecule has 0 bridgehead atoms. The number of aryl methyl sites for hydroxylation is 3. The number of carbonyl (C=O) groups excluding carboxylic acids is 2. The predicted molar refractivity (Wildman–Crippen MR) is 209 cm³/mol. The first-order valence-electron chi connectivity index (χ1n) is 16.8. The molecule has 0 aliphatic rings.